The zero-order chi connectivity index (χ0) is 12.8. The minimum Gasteiger partial charge on any atom is -0.333 e. The maximum absolute atomic E-state index is 4.48. The van der Waals surface area contributed by atoms with Crippen LogP contribution in [0.3, 0.4) is 0 Å². The average molecular weight is 245 g/mol. The van der Waals surface area contributed by atoms with E-state index in [-0.39, 0.29) is 6.04 Å². The van der Waals surface area contributed by atoms with Crippen LogP contribution in [-0.2, 0) is 6.54 Å². The predicted octanol–water partition coefficient (Wildman–Crippen LogP) is 1.78. The van der Waals surface area contributed by atoms with E-state index in [0.717, 1.165) is 30.9 Å². The lowest BCUT2D eigenvalue weighted by Crippen LogP contribution is -2.25. The highest BCUT2D eigenvalue weighted by molar-refractivity contribution is 5.19. The van der Waals surface area contributed by atoms with E-state index in [1.54, 1.807) is 6.33 Å². The van der Waals surface area contributed by atoms with Gasteiger partial charge in [0, 0.05) is 36.9 Å². The molecule has 2 aromatic rings. The zero-order valence-corrected chi connectivity index (χ0v) is 10.9. The summed E-state index contributed by atoms with van der Waals surface area (Å²) in [7, 11) is 0. The lowest BCUT2D eigenvalue weighted by molar-refractivity contribution is 0.541. The fourth-order valence-electron chi connectivity index (χ4n) is 2.03. The maximum atomic E-state index is 4.48. The second-order valence-corrected chi connectivity index (χ2v) is 4.14. The Morgan fingerprint density at radius 1 is 1.28 bits per heavy atom. The molecule has 18 heavy (non-hydrogen) atoms. The molecule has 0 amide bonds. The van der Waals surface area contributed by atoms with Crippen molar-refractivity contribution < 1.29 is 0 Å². The van der Waals surface area contributed by atoms with Gasteiger partial charge in [0.2, 0.25) is 0 Å². The van der Waals surface area contributed by atoms with E-state index in [1.807, 2.05) is 24.8 Å². The Labute approximate surface area is 107 Å². The minimum absolute atomic E-state index is 0.0535. The van der Waals surface area contributed by atoms with Crippen LogP contribution in [0, 0.1) is 0 Å². The third-order valence-electron chi connectivity index (χ3n) is 2.79. The summed E-state index contributed by atoms with van der Waals surface area (Å²) in [6.45, 7) is 6.10. The van der Waals surface area contributed by atoms with E-state index in [1.165, 1.54) is 0 Å². The van der Waals surface area contributed by atoms with E-state index in [4.69, 9.17) is 0 Å². The van der Waals surface area contributed by atoms with E-state index in [9.17, 15) is 0 Å². The lowest BCUT2D eigenvalue weighted by atomic mass is 10.1. The van der Waals surface area contributed by atoms with Crippen LogP contribution in [0.2, 0.25) is 0 Å². The fourth-order valence-corrected chi connectivity index (χ4v) is 2.03. The standard InChI is InChI=1S/C13H19N5/c1-3-6-18-7-5-17-13(18)12(16-4-2)11-8-14-10-15-9-11/h5,7-10,12,16H,3-4,6H2,1-2H3. The quantitative estimate of drug-likeness (QED) is 0.843. The Balaban J connectivity index is 2.32. The second-order valence-electron chi connectivity index (χ2n) is 4.14. The summed E-state index contributed by atoms with van der Waals surface area (Å²) in [5, 5.41) is 3.44. The van der Waals surface area contributed by atoms with Crippen molar-refractivity contribution in [1.29, 1.82) is 0 Å². The van der Waals surface area contributed by atoms with Gasteiger partial charge in [-0.1, -0.05) is 13.8 Å². The minimum atomic E-state index is 0.0535. The Morgan fingerprint density at radius 2 is 2.06 bits per heavy atom. The molecule has 5 nitrogen and oxygen atoms in total. The summed E-state index contributed by atoms with van der Waals surface area (Å²) in [4.78, 5) is 12.6. The molecule has 0 aliphatic carbocycles. The zero-order valence-electron chi connectivity index (χ0n) is 10.9. The highest BCUT2D eigenvalue weighted by Crippen LogP contribution is 2.19. The molecule has 1 unspecified atom stereocenters. The molecule has 0 aromatic carbocycles. The highest BCUT2D eigenvalue weighted by atomic mass is 15.1. The SMILES string of the molecule is CCCn1ccnc1C(NCC)c1cncnc1. The van der Waals surface area contributed by atoms with Crippen molar-refractivity contribution in [1.82, 2.24) is 24.8 Å². The summed E-state index contributed by atoms with van der Waals surface area (Å²) < 4.78 is 2.18. The van der Waals surface area contributed by atoms with Gasteiger partial charge in [-0.05, 0) is 13.0 Å². The smallest absolute Gasteiger partial charge is 0.130 e. The van der Waals surface area contributed by atoms with Crippen LogP contribution >= 0.6 is 0 Å². The van der Waals surface area contributed by atoms with Crippen LogP contribution < -0.4 is 5.32 Å². The molecule has 2 rings (SSSR count). The number of aryl methyl sites for hydroxylation is 1. The van der Waals surface area contributed by atoms with Gasteiger partial charge < -0.3 is 9.88 Å². The van der Waals surface area contributed by atoms with Crippen LogP contribution in [0.5, 0.6) is 0 Å². The van der Waals surface area contributed by atoms with Crippen molar-refractivity contribution in [3.05, 3.63) is 42.5 Å². The van der Waals surface area contributed by atoms with E-state index >= 15 is 0 Å². The number of imidazole rings is 1. The summed E-state index contributed by atoms with van der Waals surface area (Å²) in [6, 6.07) is 0.0535. The lowest BCUT2D eigenvalue weighted by Gasteiger charge is -2.18. The molecule has 0 spiro atoms. The van der Waals surface area contributed by atoms with E-state index < -0.39 is 0 Å². The second kappa shape index (κ2) is 6.26. The van der Waals surface area contributed by atoms with Crippen LogP contribution in [0.1, 0.15) is 37.7 Å². The van der Waals surface area contributed by atoms with Gasteiger partial charge in [0.25, 0.3) is 0 Å². The van der Waals surface area contributed by atoms with Crippen molar-refractivity contribution in [2.45, 2.75) is 32.9 Å². The highest BCUT2D eigenvalue weighted by Gasteiger charge is 2.18. The summed E-state index contributed by atoms with van der Waals surface area (Å²) in [5.74, 6) is 1.02. The monoisotopic (exact) mass is 245 g/mol. The summed E-state index contributed by atoms with van der Waals surface area (Å²) in [5.41, 5.74) is 1.04. The van der Waals surface area contributed by atoms with Crippen LogP contribution in [0.15, 0.2) is 31.1 Å². The van der Waals surface area contributed by atoms with Crippen molar-refractivity contribution in [3.8, 4) is 0 Å². The van der Waals surface area contributed by atoms with Crippen LogP contribution in [0.4, 0.5) is 0 Å². The maximum Gasteiger partial charge on any atom is 0.130 e. The third kappa shape index (κ3) is 2.73. The molecule has 0 aliphatic heterocycles. The number of aromatic nitrogens is 4. The van der Waals surface area contributed by atoms with Crippen molar-refractivity contribution in [2.75, 3.05) is 6.54 Å². The normalized spacial score (nSPS) is 12.6. The molecular formula is C13H19N5. The first-order valence-corrected chi connectivity index (χ1v) is 6.36. The van der Waals surface area contributed by atoms with Gasteiger partial charge in [-0.15, -0.1) is 0 Å². The number of hydrogen-bond acceptors (Lipinski definition) is 4. The molecule has 2 heterocycles. The van der Waals surface area contributed by atoms with E-state index in [0.29, 0.717) is 0 Å². The first-order chi connectivity index (χ1) is 8.86. The average Bonchev–Trinajstić information content (AvgIpc) is 2.85. The molecule has 5 heteroatoms. The van der Waals surface area contributed by atoms with Gasteiger partial charge in [0.15, 0.2) is 0 Å². The largest absolute Gasteiger partial charge is 0.333 e. The molecule has 0 aliphatic rings. The van der Waals surface area contributed by atoms with Gasteiger partial charge in [-0.2, -0.15) is 0 Å². The van der Waals surface area contributed by atoms with Gasteiger partial charge >= 0.3 is 0 Å². The number of hydrogen-bond donors (Lipinski definition) is 1. The first-order valence-electron chi connectivity index (χ1n) is 6.36. The van der Waals surface area contributed by atoms with E-state index in [2.05, 4.69) is 38.7 Å². The summed E-state index contributed by atoms with van der Waals surface area (Å²) in [6.07, 6.45) is 10.2. The molecule has 2 aromatic heterocycles. The molecule has 1 N–H and O–H groups in total. The summed E-state index contributed by atoms with van der Waals surface area (Å²) >= 11 is 0. The topological polar surface area (TPSA) is 55.6 Å². The molecule has 0 saturated heterocycles. The van der Waals surface area contributed by atoms with Gasteiger partial charge in [0.1, 0.15) is 12.2 Å². The van der Waals surface area contributed by atoms with Crippen molar-refractivity contribution in [2.24, 2.45) is 0 Å². The van der Waals surface area contributed by atoms with Gasteiger partial charge in [0.05, 0.1) is 6.04 Å². The van der Waals surface area contributed by atoms with Crippen molar-refractivity contribution in [3.63, 3.8) is 0 Å². The Kier molecular flexibility index (Phi) is 4.41. The van der Waals surface area contributed by atoms with Gasteiger partial charge in [-0.3, -0.25) is 0 Å². The first kappa shape index (κ1) is 12.7. The fraction of sp³-hybridized carbons (Fsp3) is 0.462. The Morgan fingerprint density at radius 3 is 2.72 bits per heavy atom. The number of nitrogens with one attached hydrogen (secondary N) is 1. The number of nitrogens with zero attached hydrogens (tertiary/aromatic N) is 4. The Bertz CT molecular complexity index is 465. The predicted molar refractivity (Wildman–Crippen MR) is 70.1 cm³/mol. The molecule has 0 fully saturated rings. The molecule has 0 bridgehead atoms. The third-order valence-corrected chi connectivity index (χ3v) is 2.79. The molecule has 0 saturated carbocycles. The van der Waals surface area contributed by atoms with Crippen LogP contribution in [-0.4, -0.2) is 26.1 Å². The molecule has 0 radical (unpaired) electrons. The van der Waals surface area contributed by atoms with Gasteiger partial charge in [-0.25, -0.2) is 15.0 Å². The molecule has 96 valence electrons. The number of rotatable bonds is 6. The molecular weight excluding hydrogens is 226 g/mol. The Hall–Kier alpha value is -1.75. The van der Waals surface area contributed by atoms with Crippen LogP contribution in [0.25, 0.3) is 0 Å². The molecule has 1 atom stereocenters. The van der Waals surface area contributed by atoms with Crippen molar-refractivity contribution >= 4 is 0 Å².